The molecule has 1 N–H and O–H groups in total. The molecule has 0 saturated carbocycles. The van der Waals surface area contributed by atoms with Crippen molar-refractivity contribution in [2.24, 2.45) is 0 Å². The van der Waals surface area contributed by atoms with Gasteiger partial charge < -0.3 is 9.84 Å². The van der Waals surface area contributed by atoms with Crippen LogP contribution in [-0.2, 0) is 21.4 Å². The van der Waals surface area contributed by atoms with E-state index in [1.807, 2.05) is 31.2 Å². The van der Waals surface area contributed by atoms with Crippen molar-refractivity contribution in [3.63, 3.8) is 0 Å². The molecule has 3 aromatic rings. The number of benzene rings is 2. The van der Waals surface area contributed by atoms with Crippen LogP contribution < -0.4 is 9.62 Å². The maximum Gasteiger partial charge on any atom is 0.246 e. The number of hydrogen-bond donors (Lipinski definition) is 1. The number of hydrogen-bond acceptors (Lipinski definition) is 6. The minimum atomic E-state index is -3.79. The van der Waals surface area contributed by atoms with Gasteiger partial charge in [-0.1, -0.05) is 35.0 Å². The van der Waals surface area contributed by atoms with Crippen molar-refractivity contribution in [1.82, 2.24) is 15.5 Å². The van der Waals surface area contributed by atoms with Gasteiger partial charge in [-0.05, 0) is 38.1 Å². The predicted molar refractivity (Wildman–Crippen MR) is 110 cm³/mol. The molecular formula is C20H21FN4O4S. The van der Waals surface area contributed by atoms with E-state index in [0.717, 1.165) is 33.8 Å². The fourth-order valence-electron chi connectivity index (χ4n) is 2.85. The van der Waals surface area contributed by atoms with Gasteiger partial charge in [0.05, 0.1) is 18.5 Å². The third-order valence-electron chi connectivity index (χ3n) is 4.36. The molecule has 8 nitrogen and oxygen atoms in total. The molecule has 3 rings (SSSR count). The second kappa shape index (κ2) is 8.62. The second-order valence-electron chi connectivity index (χ2n) is 6.81. The lowest BCUT2D eigenvalue weighted by Gasteiger charge is -2.28. The molecule has 0 radical (unpaired) electrons. The van der Waals surface area contributed by atoms with Crippen LogP contribution in [0.1, 0.15) is 18.4 Å². The number of halogens is 1. The summed E-state index contributed by atoms with van der Waals surface area (Å²) in [5, 5.41) is 6.48. The van der Waals surface area contributed by atoms with Gasteiger partial charge >= 0.3 is 0 Å². The second-order valence-corrected chi connectivity index (χ2v) is 8.67. The average Bonchev–Trinajstić information content (AvgIpc) is 3.16. The number of aryl methyl sites for hydroxylation is 1. The van der Waals surface area contributed by atoms with Gasteiger partial charge in [-0.15, -0.1) is 0 Å². The summed E-state index contributed by atoms with van der Waals surface area (Å²) >= 11 is 0. The highest BCUT2D eigenvalue weighted by Crippen LogP contribution is 2.21. The molecule has 0 saturated heterocycles. The van der Waals surface area contributed by atoms with Gasteiger partial charge in [0.15, 0.2) is 0 Å². The Morgan fingerprint density at radius 1 is 1.17 bits per heavy atom. The lowest BCUT2D eigenvalue weighted by Crippen LogP contribution is -2.47. The molecule has 1 heterocycles. The Bertz CT molecular complexity index is 1130. The normalized spacial score (nSPS) is 12.4. The summed E-state index contributed by atoms with van der Waals surface area (Å²) in [5.41, 5.74) is 2.05. The van der Waals surface area contributed by atoms with Crippen LogP contribution in [0.2, 0.25) is 0 Å². The molecule has 1 amide bonds. The highest BCUT2D eigenvalue weighted by molar-refractivity contribution is 7.92. The average molecular weight is 432 g/mol. The number of rotatable bonds is 7. The number of sulfonamides is 1. The minimum Gasteiger partial charge on any atom is -0.345 e. The number of amides is 1. The first kappa shape index (κ1) is 21.4. The third-order valence-corrected chi connectivity index (χ3v) is 5.60. The van der Waals surface area contributed by atoms with Crippen molar-refractivity contribution >= 4 is 21.6 Å². The molecule has 30 heavy (non-hydrogen) atoms. The van der Waals surface area contributed by atoms with E-state index in [1.165, 1.54) is 19.1 Å². The first-order valence-corrected chi connectivity index (χ1v) is 10.9. The van der Waals surface area contributed by atoms with E-state index in [1.54, 1.807) is 0 Å². The van der Waals surface area contributed by atoms with Gasteiger partial charge in [0, 0.05) is 5.56 Å². The number of carbonyl (C=O) groups is 1. The largest absolute Gasteiger partial charge is 0.345 e. The summed E-state index contributed by atoms with van der Waals surface area (Å²) in [6.45, 7) is 3.34. The molecule has 1 atom stereocenters. The van der Waals surface area contributed by atoms with Gasteiger partial charge in [0.25, 0.3) is 0 Å². The summed E-state index contributed by atoms with van der Waals surface area (Å²) in [5.74, 6) is -0.514. The lowest BCUT2D eigenvalue weighted by atomic mass is 10.1. The van der Waals surface area contributed by atoms with E-state index in [0.29, 0.717) is 5.82 Å². The number of aromatic nitrogens is 2. The zero-order chi connectivity index (χ0) is 21.9. The van der Waals surface area contributed by atoms with E-state index < -0.39 is 27.8 Å². The molecule has 10 heteroatoms. The maximum atomic E-state index is 13.2. The summed E-state index contributed by atoms with van der Waals surface area (Å²) in [4.78, 5) is 16.8. The van der Waals surface area contributed by atoms with Crippen LogP contribution in [0, 0.1) is 12.7 Å². The number of carbonyl (C=O) groups excluding carboxylic acids is 1. The van der Waals surface area contributed by atoms with Crippen molar-refractivity contribution in [2.45, 2.75) is 26.4 Å². The van der Waals surface area contributed by atoms with Crippen molar-refractivity contribution in [3.8, 4) is 11.4 Å². The summed E-state index contributed by atoms with van der Waals surface area (Å²) in [6.07, 6.45) is 0.978. The van der Waals surface area contributed by atoms with E-state index in [-0.39, 0.29) is 18.1 Å². The lowest BCUT2D eigenvalue weighted by molar-refractivity contribution is -0.122. The van der Waals surface area contributed by atoms with Crippen LogP contribution in [0.4, 0.5) is 10.1 Å². The first-order valence-electron chi connectivity index (χ1n) is 9.07. The third kappa shape index (κ3) is 5.01. The van der Waals surface area contributed by atoms with Gasteiger partial charge in [-0.3, -0.25) is 9.10 Å². The Morgan fingerprint density at radius 3 is 2.40 bits per heavy atom. The minimum absolute atomic E-state index is 0.0664. The Labute approximate surface area is 173 Å². The Kier molecular flexibility index (Phi) is 6.16. The molecule has 0 bridgehead atoms. The fourth-order valence-corrected chi connectivity index (χ4v) is 4.03. The van der Waals surface area contributed by atoms with Crippen LogP contribution in [0.5, 0.6) is 0 Å². The van der Waals surface area contributed by atoms with Crippen LogP contribution in [0.15, 0.2) is 53.1 Å². The number of nitrogens with zero attached hydrogens (tertiary/aromatic N) is 3. The molecule has 0 spiro atoms. The predicted octanol–water partition coefficient (Wildman–Crippen LogP) is 2.66. The SMILES string of the molecule is Cc1ccc(-c2noc(CNC(=O)C(C)N(c3ccc(F)cc3)S(C)(=O)=O)n2)cc1. The van der Waals surface area contributed by atoms with Crippen LogP contribution in [0.25, 0.3) is 11.4 Å². The standard InChI is InChI=1S/C20H21FN4O4S/c1-13-4-6-15(7-5-13)19-23-18(29-24-19)12-22-20(26)14(2)25(30(3,27)28)17-10-8-16(21)9-11-17/h4-11,14H,12H2,1-3H3,(H,22,26). The fraction of sp³-hybridized carbons (Fsp3) is 0.250. The zero-order valence-corrected chi connectivity index (χ0v) is 17.5. The molecule has 0 aliphatic heterocycles. The highest BCUT2D eigenvalue weighted by Gasteiger charge is 2.29. The van der Waals surface area contributed by atoms with E-state index in [2.05, 4.69) is 15.5 Å². The molecular weight excluding hydrogens is 411 g/mol. The topological polar surface area (TPSA) is 105 Å². The maximum absolute atomic E-state index is 13.2. The number of anilines is 1. The van der Waals surface area contributed by atoms with E-state index in [4.69, 9.17) is 4.52 Å². The molecule has 0 aliphatic carbocycles. The molecule has 1 aromatic heterocycles. The van der Waals surface area contributed by atoms with E-state index in [9.17, 15) is 17.6 Å². The molecule has 1 unspecified atom stereocenters. The smallest absolute Gasteiger partial charge is 0.246 e. The Hall–Kier alpha value is -3.27. The molecule has 0 fully saturated rings. The van der Waals surface area contributed by atoms with Crippen LogP contribution in [0.3, 0.4) is 0 Å². The summed E-state index contributed by atoms with van der Waals surface area (Å²) in [7, 11) is -3.79. The highest BCUT2D eigenvalue weighted by atomic mass is 32.2. The number of nitrogens with one attached hydrogen (secondary N) is 1. The van der Waals surface area contributed by atoms with Crippen LogP contribution in [-0.4, -0.2) is 36.8 Å². The quantitative estimate of drug-likeness (QED) is 0.615. The summed E-state index contributed by atoms with van der Waals surface area (Å²) in [6, 6.07) is 11.3. The zero-order valence-electron chi connectivity index (χ0n) is 16.7. The van der Waals surface area contributed by atoms with Crippen molar-refractivity contribution in [3.05, 3.63) is 65.8 Å². The van der Waals surface area contributed by atoms with Crippen LogP contribution >= 0.6 is 0 Å². The van der Waals surface area contributed by atoms with Gasteiger partial charge in [0.2, 0.25) is 27.6 Å². The molecule has 2 aromatic carbocycles. The molecule has 0 aliphatic rings. The monoisotopic (exact) mass is 432 g/mol. The van der Waals surface area contributed by atoms with Crippen molar-refractivity contribution < 1.29 is 22.1 Å². The Morgan fingerprint density at radius 2 is 1.80 bits per heavy atom. The van der Waals surface area contributed by atoms with Gasteiger partial charge in [-0.2, -0.15) is 4.98 Å². The summed E-state index contributed by atoms with van der Waals surface area (Å²) < 4.78 is 43.7. The Balaban J connectivity index is 1.70. The van der Waals surface area contributed by atoms with Crippen molar-refractivity contribution in [1.29, 1.82) is 0 Å². The van der Waals surface area contributed by atoms with Gasteiger partial charge in [-0.25, -0.2) is 12.8 Å². The van der Waals surface area contributed by atoms with Crippen molar-refractivity contribution in [2.75, 3.05) is 10.6 Å². The van der Waals surface area contributed by atoms with E-state index >= 15 is 0 Å². The van der Waals surface area contributed by atoms with Gasteiger partial charge in [0.1, 0.15) is 11.9 Å². The molecule has 158 valence electrons. The first-order chi connectivity index (χ1) is 14.1.